The zero-order valence-electron chi connectivity index (χ0n) is 13.3. The van der Waals surface area contributed by atoms with Gasteiger partial charge in [0.15, 0.2) is 0 Å². The lowest BCUT2D eigenvalue weighted by atomic mass is 10.0. The van der Waals surface area contributed by atoms with E-state index in [2.05, 4.69) is 10.1 Å². The zero-order chi connectivity index (χ0) is 16.1. The summed E-state index contributed by atoms with van der Waals surface area (Å²) < 4.78 is 32.6. The molecule has 1 aliphatic heterocycles. The molecule has 1 heterocycles. The summed E-state index contributed by atoms with van der Waals surface area (Å²) in [6.45, 7) is 8.85. The van der Waals surface area contributed by atoms with Gasteiger partial charge < -0.3 is 10.1 Å². The molecule has 1 amide bonds. The molecule has 1 fully saturated rings. The highest BCUT2D eigenvalue weighted by Gasteiger charge is 2.34. The molecule has 124 valence electrons. The van der Waals surface area contributed by atoms with Gasteiger partial charge in [-0.05, 0) is 40.5 Å². The molecule has 0 radical (unpaired) electrons. The van der Waals surface area contributed by atoms with Crippen molar-refractivity contribution in [2.45, 2.75) is 58.5 Å². The molecule has 0 aromatic carbocycles. The summed E-state index contributed by atoms with van der Waals surface area (Å²) in [5.74, 6) is 0. The summed E-state index contributed by atoms with van der Waals surface area (Å²) in [6, 6.07) is -0.148. The Morgan fingerprint density at radius 3 is 2.57 bits per heavy atom. The van der Waals surface area contributed by atoms with E-state index >= 15 is 0 Å². The SMILES string of the molecule is CCOC(=O)NS(=O)(=O)N1CCCCC1CNC(C)(C)C. The van der Waals surface area contributed by atoms with Gasteiger partial charge in [-0.2, -0.15) is 12.7 Å². The van der Waals surface area contributed by atoms with Crippen LogP contribution < -0.4 is 10.0 Å². The monoisotopic (exact) mass is 321 g/mol. The van der Waals surface area contributed by atoms with Crippen molar-refractivity contribution in [1.82, 2.24) is 14.3 Å². The van der Waals surface area contributed by atoms with Crippen molar-refractivity contribution in [3.63, 3.8) is 0 Å². The largest absolute Gasteiger partial charge is 0.449 e. The maximum Gasteiger partial charge on any atom is 0.421 e. The number of piperidine rings is 1. The van der Waals surface area contributed by atoms with E-state index in [-0.39, 0.29) is 18.2 Å². The molecule has 1 aliphatic rings. The third-order valence-electron chi connectivity index (χ3n) is 3.24. The van der Waals surface area contributed by atoms with Crippen molar-refractivity contribution in [2.75, 3.05) is 19.7 Å². The first kappa shape index (κ1) is 18.2. The van der Waals surface area contributed by atoms with Crippen LogP contribution in [0.25, 0.3) is 0 Å². The second-order valence-corrected chi connectivity index (χ2v) is 7.84. The van der Waals surface area contributed by atoms with Crippen LogP contribution in [-0.4, -0.2) is 50.1 Å². The molecule has 8 heteroatoms. The number of amides is 1. The molecule has 21 heavy (non-hydrogen) atoms. The number of hydrogen-bond acceptors (Lipinski definition) is 5. The number of nitrogens with one attached hydrogen (secondary N) is 2. The third-order valence-corrected chi connectivity index (χ3v) is 4.76. The molecule has 1 saturated heterocycles. The Hall–Kier alpha value is -0.860. The van der Waals surface area contributed by atoms with Crippen LogP contribution in [0.1, 0.15) is 47.0 Å². The van der Waals surface area contributed by atoms with E-state index in [1.165, 1.54) is 4.31 Å². The molecule has 0 bridgehead atoms. The molecule has 0 saturated carbocycles. The Morgan fingerprint density at radius 1 is 1.33 bits per heavy atom. The summed E-state index contributed by atoms with van der Waals surface area (Å²) in [7, 11) is -3.85. The topological polar surface area (TPSA) is 87.7 Å². The predicted octanol–water partition coefficient (Wildman–Crippen LogP) is 1.22. The lowest BCUT2D eigenvalue weighted by molar-refractivity contribution is 0.156. The Balaban J connectivity index is 2.73. The predicted molar refractivity (Wildman–Crippen MR) is 81.2 cm³/mol. The van der Waals surface area contributed by atoms with Gasteiger partial charge in [0.1, 0.15) is 0 Å². The van der Waals surface area contributed by atoms with Crippen molar-refractivity contribution in [3.8, 4) is 0 Å². The smallest absolute Gasteiger partial charge is 0.421 e. The van der Waals surface area contributed by atoms with E-state index < -0.39 is 16.3 Å². The van der Waals surface area contributed by atoms with E-state index in [1.54, 1.807) is 6.92 Å². The fourth-order valence-electron chi connectivity index (χ4n) is 2.24. The number of hydrogen-bond donors (Lipinski definition) is 2. The molecular formula is C13H27N3O4S. The average molecular weight is 321 g/mol. The quantitative estimate of drug-likeness (QED) is 0.795. The molecule has 0 aromatic heterocycles. The van der Waals surface area contributed by atoms with E-state index in [0.29, 0.717) is 13.1 Å². The average Bonchev–Trinajstić information content (AvgIpc) is 2.35. The molecule has 0 aliphatic carbocycles. The van der Waals surface area contributed by atoms with Crippen LogP contribution >= 0.6 is 0 Å². The minimum absolute atomic E-state index is 0.0819. The van der Waals surface area contributed by atoms with Crippen molar-refractivity contribution in [3.05, 3.63) is 0 Å². The molecule has 1 unspecified atom stereocenters. The van der Waals surface area contributed by atoms with Crippen molar-refractivity contribution in [1.29, 1.82) is 0 Å². The zero-order valence-corrected chi connectivity index (χ0v) is 14.1. The van der Waals surface area contributed by atoms with Crippen LogP contribution in [0.15, 0.2) is 0 Å². The minimum atomic E-state index is -3.85. The highest BCUT2D eigenvalue weighted by atomic mass is 32.2. The van der Waals surface area contributed by atoms with Crippen LogP contribution in [0.4, 0.5) is 4.79 Å². The normalized spacial score (nSPS) is 21.0. The molecule has 1 rings (SSSR count). The van der Waals surface area contributed by atoms with E-state index in [4.69, 9.17) is 0 Å². The molecule has 2 N–H and O–H groups in total. The summed E-state index contributed by atoms with van der Waals surface area (Å²) in [6.07, 6.45) is 1.65. The summed E-state index contributed by atoms with van der Waals surface area (Å²) >= 11 is 0. The van der Waals surface area contributed by atoms with Gasteiger partial charge in [-0.3, -0.25) is 0 Å². The van der Waals surface area contributed by atoms with Crippen molar-refractivity contribution >= 4 is 16.3 Å². The van der Waals surface area contributed by atoms with Gasteiger partial charge in [-0.1, -0.05) is 6.42 Å². The van der Waals surface area contributed by atoms with Crippen LogP contribution in [0.5, 0.6) is 0 Å². The van der Waals surface area contributed by atoms with Crippen LogP contribution in [0.2, 0.25) is 0 Å². The first-order valence-corrected chi connectivity index (χ1v) is 8.81. The molecular weight excluding hydrogens is 294 g/mol. The fraction of sp³-hybridized carbons (Fsp3) is 0.923. The standard InChI is InChI=1S/C13H27N3O4S/c1-5-20-12(17)15-21(18,19)16-9-7-6-8-11(16)10-14-13(2,3)4/h11,14H,5-10H2,1-4H3,(H,15,17). The highest BCUT2D eigenvalue weighted by Crippen LogP contribution is 2.20. The van der Waals surface area contributed by atoms with Gasteiger partial charge in [-0.25, -0.2) is 9.52 Å². The molecule has 0 spiro atoms. The van der Waals surface area contributed by atoms with Gasteiger partial charge in [0.05, 0.1) is 6.61 Å². The van der Waals surface area contributed by atoms with Crippen LogP contribution in [-0.2, 0) is 14.9 Å². The summed E-state index contributed by atoms with van der Waals surface area (Å²) in [5, 5.41) is 3.32. The molecule has 1 atom stereocenters. The van der Waals surface area contributed by atoms with Crippen LogP contribution in [0.3, 0.4) is 0 Å². The Bertz CT molecular complexity index is 445. The van der Waals surface area contributed by atoms with Crippen molar-refractivity contribution in [2.24, 2.45) is 0 Å². The Labute approximate surface area is 127 Å². The minimum Gasteiger partial charge on any atom is -0.449 e. The first-order chi connectivity index (χ1) is 9.65. The van der Waals surface area contributed by atoms with E-state index in [9.17, 15) is 13.2 Å². The molecule has 7 nitrogen and oxygen atoms in total. The Kier molecular flexibility index (Phi) is 6.42. The van der Waals surface area contributed by atoms with Crippen LogP contribution in [0, 0.1) is 0 Å². The lowest BCUT2D eigenvalue weighted by Gasteiger charge is -2.36. The van der Waals surface area contributed by atoms with Gasteiger partial charge >= 0.3 is 16.3 Å². The number of carbonyl (C=O) groups excluding carboxylic acids is 1. The Morgan fingerprint density at radius 2 is 2.00 bits per heavy atom. The summed E-state index contributed by atoms with van der Waals surface area (Å²) in [4.78, 5) is 11.4. The highest BCUT2D eigenvalue weighted by molar-refractivity contribution is 7.87. The second-order valence-electron chi connectivity index (χ2n) is 6.22. The second kappa shape index (κ2) is 7.42. The number of nitrogens with zero attached hydrogens (tertiary/aromatic N) is 1. The summed E-state index contributed by atoms with van der Waals surface area (Å²) in [5.41, 5.74) is -0.0819. The van der Waals surface area contributed by atoms with E-state index in [1.807, 2.05) is 25.5 Å². The number of rotatable bonds is 5. The van der Waals surface area contributed by atoms with E-state index in [0.717, 1.165) is 19.3 Å². The van der Waals surface area contributed by atoms with Gasteiger partial charge in [-0.15, -0.1) is 0 Å². The maximum atomic E-state index is 12.3. The fourth-order valence-corrected chi connectivity index (χ4v) is 3.57. The number of carbonyl (C=O) groups is 1. The first-order valence-electron chi connectivity index (χ1n) is 7.37. The van der Waals surface area contributed by atoms with Gasteiger partial charge in [0, 0.05) is 24.7 Å². The lowest BCUT2D eigenvalue weighted by Crippen LogP contribution is -2.55. The third kappa shape index (κ3) is 6.19. The van der Waals surface area contributed by atoms with Crippen molar-refractivity contribution < 1.29 is 17.9 Å². The van der Waals surface area contributed by atoms with Gasteiger partial charge in [0.25, 0.3) is 0 Å². The van der Waals surface area contributed by atoms with Gasteiger partial charge in [0.2, 0.25) is 0 Å². The number of ether oxygens (including phenoxy) is 1. The maximum absolute atomic E-state index is 12.3. The molecule has 0 aromatic rings.